The van der Waals surface area contributed by atoms with Gasteiger partial charge in [0.15, 0.2) is 0 Å². The summed E-state index contributed by atoms with van der Waals surface area (Å²) in [4.78, 5) is 19.1. The fraction of sp³-hybridized carbons (Fsp3) is 0.0909. The van der Waals surface area contributed by atoms with Gasteiger partial charge in [-0.15, -0.1) is 0 Å². The van der Waals surface area contributed by atoms with E-state index < -0.39 is 0 Å². The number of halogens is 1. The molecule has 1 atom stereocenters. The number of hydrogen-bond acceptors (Lipinski definition) is 4. The van der Waals surface area contributed by atoms with Crippen molar-refractivity contribution in [3.63, 3.8) is 0 Å². The van der Waals surface area contributed by atoms with Crippen LogP contribution in [0, 0.1) is 0 Å². The molecule has 0 aliphatic carbocycles. The quantitative estimate of drug-likeness (QED) is 0.404. The molecule has 0 bridgehead atoms. The van der Waals surface area contributed by atoms with Gasteiger partial charge in [-0.05, 0) is 23.8 Å². The van der Waals surface area contributed by atoms with Crippen LogP contribution in [0.15, 0.2) is 83.9 Å². The number of fused-ring (bicyclic) bond motifs is 1. The van der Waals surface area contributed by atoms with E-state index in [0.29, 0.717) is 10.9 Å². The molecule has 0 radical (unpaired) electrons. The molecular weight excluding hydrogens is 372 g/mol. The summed E-state index contributed by atoms with van der Waals surface area (Å²) < 4.78 is 0. The molecule has 140 valence electrons. The highest BCUT2D eigenvalue weighted by molar-refractivity contribution is 6.30. The molecule has 0 unspecified atom stereocenters. The summed E-state index contributed by atoms with van der Waals surface area (Å²) in [5, 5.41) is 0.626. The lowest BCUT2D eigenvalue weighted by atomic mass is 9.93. The zero-order valence-corrected chi connectivity index (χ0v) is 15.8. The number of rotatable bonds is 4. The number of benzene rings is 3. The topological polar surface area (TPSA) is 70.7 Å². The van der Waals surface area contributed by atoms with E-state index in [0.717, 1.165) is 22.4 Å². The first kappa shape index (κ1) is 18.2. The average Bonchev–Trinajstić information content (AvgIpc) is 2.74. The van der Waals surface area contributed by atoms with E-state index in [1.165, 1.54) is 0 Å². The summed E-state index contributed by atoms with van der Waals surface area (Å²) in [6.45, 7) is 0.0652. The predicted molar refractivity (Wildman–Crippen MR) is 111 cm³/mol. The first-order valence-electron chi connectivity index (χ1n) is 8.92. The van der Waals surface area contributed by atoms with Gasteiger partial charge < -0.3 is 4.90 Å². The molecule has 1 aliphatic heterocycles. The minimum absolute atomic E-state index is 0.0652. The summed E-state index contributed by atoms with van der Waals surface area (Å²) >= 11 is 6.30. The van der Waals surface area contributed by atoms with Crippen LogP contribution in [0.3, 0.4) is 0 Å². The third-order valence-corrected chi connectivity index (χ3v) is 4.95. The van der Waals surface area contributed by atoms with Crippen molar-refractivity contribution < 1.29 is 4.79 Å². The van der Waals surface area contributed by atoms with E-state index in [1.807, 2.05) is 83.8 Å². The summed E-state index contributed by atoms with van der Waals surface area (Å²) in [6.07, 6.45) is 0. The molecule has 1 heterocycles. The molecular formula is C22H19ClN4O. The van der Waals surface area contributed by atoms with Gasteiger partial charge in [0.2, 0.25) is 0 Å². The van der Waals surface area contributed by atoms with Gasteiger partial charge in [-0.1, -0.05) is 72.3 Å². The highest BCUT2D eigenvalue weighted by atomic mass is 35.5. The van der Waals surface area contributed by atoms with Gasteiger partial charge >= 0.3 is 0 Å². The lowest BCUT2D eigenvalue weighted by molar-refractivity contribution is -0.121. The molecule has 4 rings (SSSR count). The second-order valence-corrected chi connectivity index (χ2v) is 6.95. The summed E-state index contributed by atoms with van der Waals surface area (Å²) in [7, 11) is 0. The molecule has 0 aromatic heterocycles. The number of amides is 1. The monoisotopic (exact) mass is 390 g/mol. The summed E-state index contributed by atoms with van der Waals surface area (Å²) in [5.74, 6) is 5.81. The van der Waals surface area contributed by atoms with E-state index in [2.05, 4.69) is 5.43 Å². The number of aliphatic imine (C=N–C) groups is 1. The third kappa shape index (κ3) is 3.50. The van der Waals surface area contributed by atoms with Crippen LogP contribution < -0.4 is 11.3 Å². The molecule has 1 amide bonds. The number of nitrogens with zero attached hydrogens (tertiary/aromatic N) is 2. The van der Waals surface area contributed by atoms with E-state index in [4.69, 9.17) is 22.4 Å². The molecule has 0 spiro atoms. The van der Waals surface area contributed by atoms with Gasteiger partial charge in [-0.2, -0.15) is 0 Å². The van der Waals surface area contributed by atoms with Gasteiger partial charge in [0.25, 0.3) is 5.91 Å². The second-order valence-electron chi connectivity index (χ2n) is 6.51. The average molecular weight is 391 g/mol. The standard InChI is InChI=1S/C22H19ClN4O/c23-17-11-12-19-18(13-17)21(15-7-3-1-4-8-15)27(14-20(28)26-24)22(25-19)16-9-5-2-6-10-16/h1-13,21H,14,24H2,(H,26,28)/t21-/m0/s1. The van der Waals surface area contributed by atoms with Crippen molar-refractivity contribution in [2.45, 2.75) is 6.04 Å². The second kappa shape index (κ2) is 7.84. The minimum Gasteiger partial charge on any atom is -0.336 e. The van der Waals surface area contributed by atoms with Crippen molar-refractivity contribution in [2.75, 3.05) is 6.54 Å². The Morgan fingerprint density at radius 3 is 2.39 bits per heavy atom. The Bertz CT molecular complexity index is 1020. The van der Waals surface area contributed by atoms with Crippen molar-refractivity contribution in [2.24, 2.45) is 10.8 Å². The first-order chi connectivity index (χ1) is 13.7. The smallest absolute Gasteiger partial charge is 0.253 e. The highest BCUT2D eigenvalue weighted by Crippen LogP contribution is 2.41. The third-order valence-electron chi connectivity index (χ3n) is 4.72. The van der Waals surface area contributed by atoms with Crippen LogP contribution in [0.25, 0.3) is 0 Å². The fourth-order valence-corrected chi connectivity index (χ4v) is 3.67. The van der Waals surface area contributed by atoms with E-state index >= 15 is 0 Å². The Balaban J connectivity index is 1.94. The van der Waals surface area contributed by atoms with Crippen molar-refractivity contribution in [1.82, 2.24) is 10.3 Å². The zero-order chi connectivity index (χ0) is 19.5. The number of nitrogens with one attached hydrogen (secondary N) is 1. The normalized spacial score (nSPS) is 15.6. The lowest BCUT2D eigenvalue weighted by Gasteiger charge is -2.38. The molecule has 0 fully saturated rings. The minimum atomic E-state index is -0.296. The van der Waals surface area contributed by atoms with Crippen LogP contribution in [0.1, 0.15) is 22.7 Å². The number of amidine groups is 1. The van der Waals surface area contributed by atoms with Crippen LogP contribution in [0.4, 0.5) is 5.69 Å². The Kier molecular flexibility index (Phi) is 5.10. The van der Waals surface area contributed by atoms with Crippen LogP contribution in [0.2, 0.25) is 5.02 Å². The van der Waals surface area contributed by atoms with Crippen molar-refractivity contribution in [3.8, 4) is 0 Å². The van der Waals surface area contributed by atoms with Gasteiger partial charge in [-0.25, -0.2) is 10.8 Å². The predicted octanol–water partition coefficient (Wildman–Crippen LogP) is 3.81. The zero-order valence-electron chi connectivity index (χ0n) is 15.0. The number of hydrogen-bond donors (Lipinski definition) is 2. The van der Waals surface area contributed by atoms with Gasteiger partial charge in [-0.3, -0.25) is 10.2 Å². The lowest BCUT2D eigenvalue weighted by Crippen LogP contribution is -2.46. The largest absolute Gasteiger partial charge is 0.336 e. The number of carbonyl (C=O) groups excluding carboxylic acids is 1. The maximum atomic E-state index is 12.3. The first-order valence-corrected chi connectivity index (χ1v) is 9.30. The van der Waals surface area contributed by atoms with Crippen LogP contribution in [0.5, 0.6) is 0 Å². The van der Waals surface area contributed by atoms with Gasteiger partial charge in [0, 0.05) is 16.1 Å². The molecule has 3 aromatic carbocycles. The molecule has 3 N–H and O–H groups in total. The summed E-state index contributed by atoms with van der Waals surface area (Å²) in [5.41, 5.74) is 5.98. The molecule has 3 aromatic rings. The SMILES string of the molecule is NNC(=O)CN1C(c2ccccc2)=Nc2ccc(Cl)cc2[C@@H]1c1ccccc1. The molecule has 5 nitrogen and oxygen atoms in total. The summed E-state index contributed by atoms with van der Waals surface area (Å²) in [6, 6.07) is 25.3. The highest BCUT2D eigenvalue weighted by Gasteiger charge is 2.33. The van der Waals surface area contributed by atoms with Gasteiger partial charge in [0.1, 0.15) is 12.4 Å². The van der Waals surface area contributed by atoms with Gasteiger partial charge in [0.05, 0.1) is 11.7 Å². The number of carbonyl (C=O) groups is 1. The maximum Gasteiger partial charge on any atom is 0.253 e. The van der Waals surface area contributed by atoms with E-state index in [-0.39, 0.29) is 18.5 Å². The Morgan fingerprint density at radius 1 is 1.04 bits per heavy atom. The Hall–Kier alpha value is -3.15. The molecule has 6 heteroatoms. The van der Waals surface area contributed by atoms with Crippen molar-refractivity contribution >= 4 is 29.0 Å². The Morgan fingerprint density at radius 2 is 1.71 bits per heavy atom. The molecule has 1 aliphatic rings. The maximum absolute atomic E-state index is 12.3. The number of nitrogens with two attached hydrogens (primary N) is 1. The molecule has 0 saturated carbocycles. The molecule has 0 saturated heterocycles. The van der Waals surface area contributed by atoms with E-state index in [9.17, 15) is 4.79 Å². The van der Waals surface area contributed by atoms with Crippen LogP contribution in [-0.4, -0.2) is 23.2 Å². The van der Waals surface area contributed by atoms with Crippen molar-refractivity contribution in [3.05, 3.63) is 101 Å². The van der Waals surface area contributed by atoms with Crippen LogP contribution in [-0.2, 0) is 4.79 Å². The van der Waals surface area contributed by atoms with Crippen LogP contribution >= 0.6 is 11.6 Å². The molecule has 28 heavy (non-hydrogen) atoms. The fourth-order valence-electron chi connectivity index (χ4n) is 3.49. The van der Waals surface area contributed by atoms with E-state index in [1.54, 1.807) is 0 Å². The number of hydrazine groups is 1. The van der Waals surface area contributed by atoms with Crippen molar-refractivity contribution in [1.29, 1.82) is 0 Å². The Labute approximate surface area is 168 Å².